The Balaban J connectivity index is 2.26. The third-order valence-electron chi connectivity index (χ3n) is 2.74. The van der Waals surface area contributed by atoms with Crippen LogP contribution in [0.2, 0.25) is 0 Å². The second-order valence-electron chi connectivity index (χ2n) is 4.22. The van der Waals surface area contributed by atoms with Gasteiger partial charge in [-0.15, -0.1) is 0 Å². The molecule has 2 aromatic rings. The fourth-order valence-electron chi connectivity index (χ4n) is 1.71. The lowest BCUT2D eigenvalue weighted by atomic mass is 10.1. The number of aromatic nitrogens is 1. The molecular weight excluding hydrogens is 260 g/mol. The molecule has 20 heavy (non-hydrogen) atoms. The second kappa shape index (κ2) is 5.40. The van der Waals surface area contributed by atoms with Gasteiger partial charge in [-0.2, -0.15) is 0 Å². The van der Waals surface area contributed by atoms with E-state index in [-0.39, 0.29) is 16.8 Å². The standard InChI is InChI=1S/C14H12N2O4/c1-8-5-6-9(7-10(8)14(19)20)15-13(18)11-3-2-4-12(17)16-11/h2-7H,1H3,(H,15,18)(H,16,17)(H,19,20). The number of amides is 1. The fourth-order valence-corrected chi connectivity index (χ4v) is 1.71. The van der Waals surface area contributed by atoms with Crippen molar-refractivity contribution in [3.8, 4) is 0 Å². The lowest BCUT2D eigenvalue weighted by Crippen LogP contribution is -2.18. The molecule has 3 N–H and O–H groups in total. The first-order valence-corrected chi connectivity index (χ1v) is 5.82. The van der Waals surface area contributed by atoms with Crippen LogP contribution in [0.3, 0.4) is 0 Å². The largest absolute Gasteiger partial charge is 0.478 e. The molecule has 102 valence electrons. The van der Waals surface area contributed by atoms with Crippen LogP contribution in [0.15, 0.2) is 41.2 Å². The molecule has 1 aromatic heterocycles. The van der Waals surface area contributed by atoms with Crippen LogP contribution in [0.4, 0.5) is 5.69 Å². The van der Waals surface area contributed by atoms with Crippen LogP contribution in [0.1, 0.15) is 26.4 Å². The molecule has 0 bridgehead atoms. The van der Waals surface area contributed by atoms with E-state index in [1.165, 1.54) is 24.3 Å². The number of nitrogens with one attached hydrogen (secondary N) is 2. The van der Waals surface area contributed by atoms with Gasteiger partial charge in [0.25, 0.3) is 5.91 Å². The Labute approximate surface area is 114 Å². The zero-order valence-electron chi connectivity index (χ0n) is 10.6. The molecule has 1 aromatic carbocycles. The van der Waals surface area contributed by atoms with Gasteiger partial charge in [-0.3, -0.25) is 9.59 Å². The topological polar surface area (TPSA) is 99.3 Å². The lowest BCUT2D eigenvalue weighted by molar-refractivity contribution is 0.0695. The van der Waals surface area contributed by atoms with E-state index in [2.05, 4.69) is 10.3 Å². The van der Waals surface area contributed by atoms with Gasteiger partial charge in [0.05, 0.1) is 5.56 Å². The second-order valence-corrected chi connectivity index (χ2v) is 4.22. The Kier molecular flexibility index (Phi) is 3.65. The van der Waals surface area contributed by atoms with E-state index in [4.69, 9.17) is 5.11 Å². The maximum absolute atomic E-state index is 11.9. The van der Waals surface area contributed by atoms with Gasteiger partial charge in [0.2, 0.25) is 5.56 Å². The molecule has 0 unspecified atom stereocenters. The monoisotopic (exact) mass is 272 g/mol. The smallest absolute Gasteiger partial charge is 0.336 e. The van der Waals surface area contributed by atoms with Crippen molar-refractivity contribution in [1.82, 2.24) is 4.98 Å². The number of pyridine rings is 1. The molecular formula is C14H12N2O4. The van der Waals surface area contributed by atoms with Crippen molar-refractivity contribution in [3.05, 3.63) is 63.6 Å². The molecule has 0 aliphatic carbocycles. The maximum Gasteiger partial charge on any atom is 0.336 e. The molecule has 0 radical (unpaired) electrons. The number of aromatic carboxylic acids is 1. The molecule has 0 atom stereocenters. The third kappa shape index (κ3) is 2.92. The van der Waals surface area contributed by atoms with E-state index >= 15 is 0 Å². The summed E-state index contributed by atoms with van der Waals surface area (Å²) in [7, 11) is 0. The van der Waals surface area contributed by atoms with Crippen LogP contribution in [0, 0.1) is 6.92 Å². The number of carboxylic acid groups (broad SMARTS) is 1. The molecule has 0 spiro atoms. The maximum atomic E-state index is 11.9. The number of aryl methyl sites for hydroxylation is 1. The Morgan fingerprint density at radius 3 is 2.60 bits per heavy atom. The predicted octanol–water partition coefficient (Wildman–Crippen LogP) is 1.63. The minimum Gasteiger partial charge on any atom is -0.478 e. The summed E-state index contributed by atoms with van der Waals surface area (Å²) in [6.07, 6.45) is 0. The fraction of sp³-hybridized carbons (Fsp3) is 0.0714. The summed E-state index contributed by atoms with van der Waals surface area (Å²) in [4.78, 5) is 36.4. The number of hydrogen-bond acceptors (Lipinski definition) is 3. The van der Waals surface area contributed by atoms with Gasteiger partial charge in [-0.1, -0.05) is 12.1 Å². The van der Waals surface area contributed by atoms with E-state index in [1.807, 2.05) is 0 Å². The zero-order chi connectivity index (χ0) is 14.7. The molecule has 1 heterocycles. The highest BCUT2D eigenvalue weighted by molar-refractivity contribution is 6.03. The number of aromatic amines is 1. The summed E-state index contributed by atoms with van der Waals surface area (Å²) in [6, 6.07) is 8.80. The van der Waals surface area contributed by atoms with Crippen LogP contribution in [0.5, 0.6) is 0 Å². The van der Waals surface area contributed by atoms with Gasteiger partial charge in [0.1, 0.15) is 5.69 Å². The van der Waals surface area contributed by atoms with Crippen LogP contribution in [-0.2, 0) is 0 Å². The average molecular weight is 272 g/mol. The first kappa shape index (κ1) is 13.5. The van der Waals surface area contributed by atoms with Crippen molar-refractivity contribution in [3.63, 3.8) is 0 Å². The number of anilines is 1. The van der Waals surface area contributed by atoms with E-state index < -0.39 is 11.9 Å². The Morgan fingerprint density at radius 2 is 1.95 bits per heavy atom. The van der Waals surface area contributed by atoms with Crippen LogP contribution in [0.25, 0.3) is 0 Å². The molecule has 0 saturated carbocycles. The van der Waals surface area contributed by atoms with E-state index in [0.717, 1.165) is 0 Å². The van der Waals surface area contributed by atoms with Crippen LogP contribution < -0.4 is 10.9 Å². The quantitative estimate of drug-likeness (QED) is 0.790. The van der Waals surface area contributed by atoms with Crippen molar-refractivity contribution in [1.29, 1.82) is 0 Å². The average Bonchev–Trinajstić information content (AvgIpc) is 2.40. The van der Waals surface area contributed by atoms with Crippen molar-refractivity contribution >= 4 is 17.6 Å². The first-order chi connectivity index (χ1) is 9.47. The predicted molar refractivity (Wildman–Crippen MR) is 73.2 cm³/mol. The number of benzene rings is 1. The normalized spacial score (nSPS) is 10.1. The van der Waals surface area contributed by atoms with E-state index in [9.17, 15) is 14.4 Å². The zero-order valence-corrected chi connectivity index (χ0v) is 10.6. The lowest BCUT2D eigenvalue weighted by Gasteiger charge is -2.07. The molecule has 0 fully saturated rings. The molecule has 0 aliphatic rings. The summed E-state index contributed by atoms with van der Waals surface area (Å²) in [5.41, 5.74) is 0.790. The molecule has 0 saturated heterocycles. The molecule has 2 rings (SSSR count). The highest BCUT2D eigenvalue weighted by atomic mass is 16.4. The molecule has 1 amide bonds. The summed E-state index contributed by atoms with van der Waals surface area (Å²) >= 11 is 0. The Hall–Kier alpha value is -2.89. The highest BCUT2D eigenvalue weighted by Crippen LogP contribution is 2.16. The van der Waals surface area contributed by atoms with Gasteiger partial charge < -0.3 is 15.4 Å². The number of carbonyl (C=O) groups excluding carboxylic acids is 1. The van der Waals surface area contributed by atoms with Crippen molar-refractivity contribution in [2.45, 2.75) is 6.92 Å². The molecule has 6 nitrogen and oxygen atoms in total. The van der Waals surface area contributed by atoms with Gasteiger partial charge >= 0.3 is 5.97 Å². The summed E-state index contributed by atoms with van der Waals surface area (Å²) < 4.78 is 0. The number of H-pyrrole nitrogens is 1. The van der Waals surface area contributed by atoms with E-state index in [0.29, 0.717) is 11.3 Å². The van der Waals surface area contributed by atoms with Crippen LogP contribution >= 0.6 is 0 Å². The van der Waals surface area contributed by atoms with Crippen molar-refractivity contribution in [2.75, 3.05) is 5.32 Å². The molecule has 6 heteroatoms. The number of hydrogen-bond donors (Lipinski definition) is 3. The van der Waals surface area contributed by atoms with Gasteiger partial charge in [0.15, 0.2) is 0 Å². The number of rotatable bonds is 3. The first-order valence-electron chi connectivity index (χ1n) is 5.82. The highest BCUT2D eigenvalue weighted by Gasteiger charge is 2.11. The van der Waals surface area contributed by atoms with Gasteiger partial charge in [-0.25, -0.2) is 4.79 Å². The third-order valence-corrected chi connectivity index (χ3v) is 2.74. The Bertz CT molecular complexity index is 734. The number of carboxylic acids is 1. The minimum atomic E-state index is -1.06. The minimum absolute atomic E-state index is 0.106. The van der Waals surface area contributed by atoms with E-state index in [1.54, 1.807) is 19.1 Å². The van der Waals surface area contributed by atoms with Crippen molar-refractivity contribution in [2.24, 2.45) is 0 Å². The molecule has 0 aliphatic heterocycles. The van der Waals surface area contributed by atoms with Crippen molar-refractivity contribution < 1.29 is 14.7 Å². The van der Waals surface area contributed by atoms with Gasteiger partial charge in [-0.05, 0) is 30.7 Å². The summed E-state index contributed by atoms with van der Waals surface area (Å²) in [5, 5.41) is 11.6. The number of carbonyl (C=O) groups is 2. The Morgan fingerprint density at radius 1 is 1.20 bits per heavy atom. The van der Waals surface area contributed by atoms with Gasteiger partial charge in [0, 0.05) is 11.8 Å². The van der Waals surface area contributed by atoms with Crippen LogP contribution in [-0.4, -0.2) is 22.0 Å². The summed E-state index contributed by atoms with van der Waals surface area (Å²) in [5.74, 6) is -1.57. The SMILES string of the molecule is Cc1ccc(NC(=O)c2cccc(=O)[nH]2)cc1C(=O)O. The summed E-state index contributed by atoms with van der Waals surface area (Å²) in [6.45, 7) is 1.67.